The number of aromatic nitrogens is 2. The van der Waals surface area contributed by atoms with Gasteiger partial charge in [-0.2, -0.15) is 5.10 Å². The van der Waals surface area contributed by atoms with Crippen LogP contribution in [0.5, 0.6) is 0 Å². The number of sulfone groups is 1. The van der Waals surface area contributed by atoms with Gasteiger partial charge in [0, 0.05) is 49.0 Å². The maximum Gasteiger partial charge on any atom is 0.258 e. The van der Waals surface area contributed by atoms with Gasteiger partial charge in [-0.05, 0) is 72.3 Å². The Kier molecular flexibility index (Phi) is 9.61. The lowest BCUT2D eigenvalue weighted by Crippen LogP contribution is -2.44. The number of amides is 1. The van der Waals surface area contributed by atoms with Crippen molar-refractivity contribution in [3.05, 3.63) is 179 Å². The summed E-state index contributed by atoms with van der Waals surface area (Å²) in [6.07, 6.45) is 0. The number of halogens is 2. The van der Waals surface area contributed by atoms with E-state index in [-0.39, 0.29) is 27.4 Å². The Morgan fingerprint density at radius 2 is 1.25 bits per heavy atom. The number of piperazine rings is 1. The van der Waals surface area contributed by atoms with Crippen LogP contribution in [0.3, 0.4) is 0 Å². The van der Waals surface area contributed by atoms with Crippen LogP contribution in [0.15, 0.2) is 155 Å². The van der Waals surface area contributed by atoms with E-state index in [9.17, 15) is 22.0 Å². The number of benzene rings is 6. The Bertz CT molecular complexity index is 2550. The summed E-state index contributed by atoms with van der Waals surface area (Å²) >= 11 is 0. The maximum atomic E-state index is 14.3. The summed E-state index contributed by atoms with van der Waals surface area (Å²) in [6.45, 7) is 3.45. The fourth-order valence-corrected chi connectivity index (χ4v) is 8.86. The molecule has 9 nitrogen and oxygen atoms in total. The van der Waals surface area contributed by atoms with Crippen molar-refractivity contribution < 1.29 is 22.0 Å². The molecule has 56 heavy (non-hydrogen) atoms. The topological polar surface area (TPSA) is 114 Å². The Labute approximate surface area is 323 Å². The number of carbonyl (C=O) groups is 1. The Hall–Kier alpha value is -6.37. The number of hydrogen-bond donors (Lipinski definition) is 2. The van der Waals surface area contributed by atoms with Crippen LogP contribution in [0.2, 0.25) is 0 Å². The van der Waals surface area contributed by atoms with E-state index in [2.05, 4.69) is 22.2 Å². The molecule has 0 saturated carbocycles. The first-order valence-corrected chi connectivity index (χ1v) is 19.6. The molecule has 0 unspecified atom stereocenters. The molecule has 0 spiro atoms. The van der Waals surface area contributed by atoms with Crippen LogP contribution >= 0.6 is 0 Å². The average Bonchev–Trinajstić information content (AvgIpc) is 3.56. The molecule has 3 N–H and O–H groups in total. The van der Waals surface area contributed by atoms with Gasteiger partial charge in [-0.15, -0.1) is 0 Å². The highest BCUT2D eigenvalue weighted by atomic mass is 32.2. The summed E-state index contributed by atoms with van der Waals surface area (Å²) in [5.41, 5.74) is 9.78. The molecule has 282 valence electrons. The zero-order chi connectivity index (χ0) is 39.0. The smallest absolute Gasteiger partial charge is 0.258 e. The number of nitrogens with two attached hydrogens (primary N) is 1. The third-order valence-electron chi connectivity index (χ3n) is 10.4. The minimum Gasteiger partial charge on any atom is -0.398 e. The summed E-state index contributed by atoms with van der Waals surface area (Å²) in [5, 5.41) is 8.34. The zero-order valence-electron chi connectivity index (χ0n) is 30.4. The zero-order valence-corrected chi connectivity index (χ0v) is 31.3. The largest absolute Gasteiger partial charge is 0.398 e. The lowest BCUT2D eigenvalue weighted by Gasteiger charge is -2.37. The van der Waals surface area contributed by atoms with Gasteiger partial charge in [0.15, 0.2) is 5.82 Å². The second kappa shape index (κ2) is 14.7. The van der Waals surface area contributed by atoms with E-state index in [1.165, 1.54) is 12.1 Å². The van der Waals surface area contributed by atoms with E-state index in [0.29, 0.717) is 11.6 Å². The average molecular weight is 769 g/mol. The molecule has 12 heteroatoms. The SMILES string of the molecule is CN1CCN(c2ccc(C(=O)Nc3nn(C(c4ccccc4)(c4ccccc4)c4ccccc4)c4ccc(S(=O)(=O)c5cc(F)cc(F)c5)cc34)c(N)c2)CC1. The molecule has 6 aromatic carbocycles. The van der Waals surface area contributed by atoms with Crippen LogP contribution in [0, 0.1) is 11.6 Å². The van der Waals surface area contributed by atoms with Crippen molar-refractivity contribution in [2.75, 3.05) is 49.2 Å². The fourth-order valence-electron chi connectivity index (χ4n) is 7.53. The highest BCUT2D eigenvalue weighted by Crippen LogP contribution is 2.44. The molecule has 0 bridgehead atoms. The van der Waals surface area contributed by atoms with Crippen molar-refractivity contribution in [1.29, 1.82) is 0 Å². The Balaban J connectivity index is 1.34. The number of nitrogens with one attached hydrogen (secondary N) is 1. The van der Waals surface area contributed by atoms with E-state index in [4.69, 9.17) is 10.8 Å². The minimum atomic E-state index is -4.44. The van der Waals surface area contributed by atoms with Gasteiger partial charge in [-0.1, -0.05) is 91.0 Å². The quantitative estimate of drug-likeness (QED) is 0.115. The highest BCUT2D eigenvalue weighted by Gasteiger charge is 2.41. The van der Waals surface area contributed by atoms with Crippen molar-refractivity contribution in [2.45, 2.75) is 15.3 Å². The molecule has 1 saturated heterocycles. The normalized spacial score (nSPS) is 13.9. The summed E-state index contributed by atoms with van der Waals surface area (Å²) in [7, 11) is -2.36. The van der Waals surface area contributed by atoms with Gasteiger partial charge >= 0.3 is 0 Å². The number of carbonyl (C=O) groups excluding carboxylic acids is 1. The maximum absolute atomic E-state index is 14.3. The molecule has 0 radical (unpaired) electrons. The molecule has 1 amide bonds. The molecule has 1 fully saturated rings. The predicted octanol–water partition coefficient (Wildman–Crippen LogP) is 7.57. The minimum absolute atomic E-state index is 0.0576. The third-order valence-corrected chi connectivity index (χ3v) is 12.1. The van der Waals surface area contributed by atoms with Crippen LogP contribution in [-0.2, 0) is 15.4 Å². The van der Waals surface area contributed by atoms with Crippen molar-refractivity contribution in [1.82, 2.24) is 14.7 Å². The van der Waals surface area contributed by atoms with Crippen LogP contribution in [0.1, 0.15) is 27.0 Å². The first-order chi connectivity index (χ1) is 27.0. The first-order valence-electron chi connectivity index (χ1n) is 18.1. The summed E-state index contributed by atoms with van der Waals surface area (Å²) in [6, 6.07) is 41.1. The van der Waals surface area contributed by atoms with Crippen LogP contribution in [0.4, 0.5) is 26.0 Å². The molecule has 0 atom stereocenters. The first kappa shape index (κ1) is 36.6. The molecule has 1 aliphatic rings. The van der Waals surface area contributed by atoms with Gasteiger partial charge in [-0.25, -0.2) is 21.9 Å². The van der Waals surface area contributed by atoms with Crippen molar-refractivity contribution >= 4 is 43.8 Å². The van der Waals surface area contributed by atoms with E-state index in [0.717, 1.165) is 60.7 Å². The number of nitrogens with zero attached hydrogens (tertiary/aromatic N) is 4. The number of likely N-dealkylation sites (N-methyl/N-ethyl adjacent to an activating group) is 1. The number of nitrogen functional groups attached to an aromatic ring is 1. The van der Waals surface area contributed by atoms with Crippen LogP contribution in [-0.4, -0.2) is 62.2 Å². The second-order valence-electron chi connectivity index (χ2n) is 13.9. The van der Waals surface area contributed by atoms with Gasteiger partial charge in [0.2, 0.25) is 9.84 Å². The number of hydrogen-bond acceptors (Lipinski definition) is 7. The van der Waals surface area contributed by atoms with Crippen molar-refractivity contribution in [3.63, 3.8) is 0 Å². The molecular formula is C44H38F2N6O3S. The van der Waals surface area contributed by atoms with E-state index in [1.807, 2.05) is 97.1 Å². The molecule has 8 rings (SSSR count). The van der Waals surface area contributed by atoms with Gasteiger partial charge in [0.05, 0.1) is 20.9 Å². The third kappa shape index (κ3) is 6.56. The standard InChI is InChI=1S/C44H38F2N6O3S/c1-50-21-23-51(24-22-50)35-17-19-38(40(47)28-35)43(53)48-42-39-29-36(56(54,55)37-26-33(45)25-34(46)27-37)18-20-41(39)52(49-42)44(30-11-5-2-6-12-30,31-13-7-3-8-14-31)32-15-9-4-10-16-32/h2-20,25-29H,21-24,47H2,1H3,(H,48,49,53). The van der Waals surface area contributed by atoms with Gasteiger partial charge < -0.3 is 20.9 Å². The summed E-state index contributed by atoms with van der Waals surface area (Å²) in [4.78, 5) is 17.9. The van der Waals surface area contributed by atoms with Crippen molar-refractivity contribution in [2.24, 2.45) is 0 Å². The number of fused-ring (bicyclic) bond motifs is 1. The van der Waals surface area contributed by atoms with Crippen LogP contribution in [0.25, 0.3) is 10.9 Å². The molecule has 1 aromatic heterocycles. The Morgan fingerprint density at radius 3 is 1.79 bits per heavy atom. The van der Waals surface area contributed by atoms with Gasteiger partial charge in [0.25, 0.3) is 5.91 Å². The lowest BCUT2D eigenvalue weighted by atomic mass is 9.77. The molecular weight excluding hydrogens is 731 g/mol. The van der Waals surface area contributed by atoms with E-state index < -0.39 is 37.8 Å². The molecule has 0 aliphatic carbocycles. The Morgan fingerprint density at radius 1 is 0.696 bits per heavy atom. The van der Waals surface area contributed by atoms with E-state index >= 15 is 0 Å². The second-order valence-corrected chi connectivity index (χ2v) is 15.8. The molecule has 7 aromatic rings. The number of rotatable bonds is 9. The van der Waals surface area contributed by atoms with Gasteiger partial charge in [-0.3, -0.25) is 4.79 Å². The fraction of sp³-hybridized carbons (Fsp3) is 0.136. The lowest BCUT2D eigenvalue weighted by molar-refractivity contribution is 0.102. The summed E-state index contributed by atoms with van der Waals surface area (Å²) in [5.74, 6) is -2.55. The molecule has 1 aliphatic heterocycles. The van der Waals surface area contributed by atoms with E-state index in [1.54, 1.807) is 22.9 Å². The number of anilines is 3. The van der Waals surface area contributed by atoms with Crippen molar-refractivity contribution in [3.8, 4) is 0 Å². The monoisotopic (exact) mass is 768 g/mol. The highest BCUT2D eigenvalue weighted by molar-refractivity contribution is 7.91. The molecule has 2 heterocycles. The van der Waals surface area contributed by atoms with Gasteiger partial charge in [0.1, 0.15) is 17.2 Å². The summed E-state index contributed by atoms with van der Waals surface area (Å²) < 4.78 is 58.3. The van der Waals surface area contributed by atoms with Crippen LogP contribution < -0.4 is 16.0 Å². The predicted molar refractivity (Wildman–Crippen MR) is 215 cm³/mol.